The van der Waals surface area contributed by atoms with Gasteiger partial charge in [-0.3, -0.25) is 9.59 Å². The van der Waals surface area contributed by atoms with Crippen LogP contribution in [0.3, 0.4) is 0 Å². The standard InChI is InChI=1S/C29H35N3O2/c1-29(28(34)30-24-15-8-3-2-4-9-16-24)21-31-25-17-11-10-14-23(25)20-26(31)27(33)32(29)19-18-22-12-6-5-7-13-22/h5-7,10-14,17,20,24H,2-4,8-9,15-16,18-19,21H2,1H3,(H,30,34)/t29-/m0/s1. The number of nitrogens with zero attached hydrogens (tertiary/aromatic N) is 2. The Morgan fingerprint density at radius 1 is 0.971 bits per heavy atom. The van der Waals surface area contributed by atoms with E-state index in [-0.39, 0.29) is 17.9 Å². The Kier molecular flexibility index (Phi) is 6.44. The zero-order chi connectivity index (χ0) is 23.5. The molecule has 1 fully saturated rings. The minimum absolute atomic E-state index is 0.0251. The average molecular weight is 458 g/mol. The van der Waals surface area contributed by atoms with Crippen molar-refractivity contribution in [2.75, 3.05) is 6.54 Å². The lowest BCUT2D eigenvalue weighted by Crippen LogP contribution is -2.65. The Balaban J connectivity index is 1.46. The smallest absolute Gasteiger partial charge is 0.271 e. The van der Waals surface area contributed by atoms with Crippen LogP contribution in [0, 0.1) is 0 Å². The van der Waals surface area contributed by atoms with Gasteiger partial charge in [-0.2, -0.15) is 0 Å². The predicted molar refractivity (Wildman–Crippen MR) is 136 cm³/mol. The maximum Gasteiger partial charge on any atom is 0.271 e. The third-order valence-electron chi connectivity index (χ3n) is 7.73. The van der Waals surface area contributed by atoms with Crippen LogP contribution < -0.4 is 5.32 Å². The van der Waals surface area contributed by atoms with Crippen LogP contribution in [0.5, 0.6) is 0 Å². The summed E-state index contributed by atoms with van der Waals surface area (Å²) in [6.07, 6.45) is 8.86. The Morgan fingerprint density at radius 3 is 2.41 bits per heavy atom. The van der Waals surface area contributed by atoms with Gasteiger partial charge < -0.3 is 14.8 Å². The van der Waals surface area contributed by atoms with Gasteiger partial charge in [-0.05, 0) is 43.9 Å². The summed E-state index contributed by atoms with van der Waals surface area (Å²) in [4.78, 5) is 29.6. The number of carbonyl (C=O) groups excluding carboxylic acids is 2. The minimum Gasteiger partial charge on any atom is -0.351 e. The molecule has 178 valence electrons. The predicted octanol–water partition coefficient (Wildman–Crippen LogP) is 5.33. The van der Waals surface area contributed by atoms with Crippen LogP contribution in [-0.2, 0) is 17.8 Å². The fourth-order valence-corrected chi connectivity index (χ4v) is 5.68. The molecule has 1 aliphatic heterocycles. The largest absolute Gasteiger partial charge is 0.351 e. The van der Waals surface area contributed by atoms with Gasteiger partial charge in [-0.1, -0.05) is 80.6 Å². The topological polar surface area (TPSA) is 54.3 Å². The molecule has 5 heteroatoms. The lowest BCUT2D eigenvalue weighted by molar-refractivity contribution is -0.133. The zero-order valence-corrected chi connectivity index (χ0v) is 20.1. The summed E-state index contributed by atoms with van der Waals surface area (Å²) in [5, 5.41) is 4.41. The second kappa shape index (κ2) is 9.65. The Morgan fingerprint density at radius 2 is 1.65 bits per heavy atom. The molecule has 34 heavy (non-hydrogen) atoms. The maximum atomic E-state index is 13.9. The highest BCUT2D eigenvalue weighted by atomic mass is 16.2. The molecule has 2 aromatic carbocycles. The molecule has 0 bridgehead atoms. The quantitative estimate of drug-likeness (QED) is 0.563. The highest BCUT2D eigenvalue weighted by molar-refractivity contribution is 6.03. The number of benzene rings is 2. The first kappa shape index (κ1) is 22.7. The molecule has 1 N–H and O–H groups in total. The number of nitrogens with one attached hydrogen (secondary N) is 1. The van der Waals surface area contributed by atoms with Crippen LogP contribution in [-0.4, -0.2) is 39.4 Å². The van der Waals surface area contributed by atoms with Crippen molar-refractivity contribution in [2.45, 2.75) is 76.4 Å². The maximum absolute atomic E-state index is 13.9. The van der Waals surface area contributed by atoms with Gasteiger partial charge in [0, 0.05) is 23.5 Å². The molecule has 2 amide bonds. The molecule has 5 rings (SSSR count). The second-order valence-electron chi connectivity index (χ2n) is 10.2. The summed E-state index contributed by atoms with van der Waals surface area (Å²) in [6, 6.07) is 20.4. The first-order valence-corrected chi connectivity index (χ1v) is 12.8. The lowest BCUT2D eigenvalue weighted by Gasteiger charge is -2.45. The molecule has 5 nitrogen and oxygen atoms in total. The second-order valence-corrected chi connectivity index (χ2v) is 10.2. The number of hydrogen-bond acceptors (Lipinski definition) is 2. The molecule has 1 atom stereocenters. The number of hydrogen-bond donors (Lipinski definition) is 1. The van der Waals surface area contributed by atoms with Crippen molar-refractivity contribution >= 4 is 22.7 Å². The van der Waals surface area contributed by atoms with E-state index in [1.807, 2.05) is 64.9 Å². The molecular formula is C29H35N3O2. The Hall–Kier alpha value is -3.08. The van der Waals surface area contributed by atoms with Gasteiger partial charge in [0.25, 0.3) is 5.91 Å². The number of amides is 2. The summed E-state index contributed by atoms with van der Waals surface area (Å²) in [6.45, 7) is 2.93. The van der Waals surface area contributed by atoms with Crippen molar-refractivity contribution in [3.63, 3.8) is 0 Å². The third-order valence-corrected chi connectivity index (χ3v) is 7.73. The average Bonchev–Trinajstić information content (AvgIpc) is 3.20. The molecule has 0 unspecified atom stereocenters. The van der Waals surface area contributed by atoms with Gasteiger partial charge in [0.1, 0.15) is 11.2 Å². The Labute approximate surface area is 202 Å². The van der Waals surface area contributed by atoms with Gasteiger partial charge in [0.05, 0.1) is 6.54 Å². The van der Waals surface area contributed by atoms with Crippen LogP contribution in [0.15, 0.2) is 60.7 Å². The SMILES string of the molecule is C[C@@]1(C(=O)NC2CCCCCCC2)Cn2c(cc3ccccc32)C(=O)N1CCc1ccccc1. The van der Waals surface area contributed by atoms with E-state index in [9.17, 15) is 9.59 Å². The van der Waals surface area contributed by atoms with E-state index in [0.717, 1.165) is 43.0 Å². The summed E-state index contributed by atoms with van der Waals surface area (Å²) in [5.41, 5.74) is 1.91. The minimum atomic E-state index is -0.941. The lowest BCUT2D eigenvalue weighted by atomic mass is 9.91. The summed E-state index contributed by atoms with van der Waals surface area (Å²) >= 11 is 0. The van der Waals surface area contributed by atoms with Crippen LogP contribution in [0.25, 0.3) is 10.9 Å². The van der Waals surface area contributed by atoms with Crippen molar-refractivity contribution in [3.8, 4) is 0 Å². The van der Waals surface area contributed by atoms with E-state index in [1.54, 1.807) is 0 Å². The summed E-state index contributed by atoms with van der Waals surface area (Å²) < 4.78 is 2.05. The molecule has 1 aromatic heterocycles. The van der Waals surface area contributed by atoms with Crippen molar-refractivity contribution in [1.82, 2.24) is 14.8 Å². The van der Waals surface area contributed by atoms with E-state index < -0.39 is 5.54 Å². The van der Waals surface area contributed by atoms with Crippen molar-refractivity contribution < 1.29 is 9.59 Å². The highest BCUT2D eigenvalue weighted by Crippen LogP contribution is 2.33. The van der Waals surface area contributed by atoms with Gasteiger partial charge in [0.15, 0.2) is 0 Å². The molecule has 1 saturated carbocycles. The molecule has 3 aromatic rings. The van der Waals surface area contributed by atoms with E-state index in [4.69, 9.17) is 0 Å². The van der Waals surface area contributed by atoms with E-state index in [2.05, 4.69) is 17.4 Å². The van der Waals surface area contributed by atoms with Crippen LogP contribution >= 0.6 is 0 Å². The summed E-state index contributed by atoms with van der Waals surface area (Å²) in [5.74, 6) is -0.0865. The fraction of sp³-hybridized carbons (Fsp3) is 0.448. The molecule has 1 aliphatic carbocycles. The van der Waals surface area contributed by atoms with Gasteiger partial charge in [-0.15, -0.1) is 0 Å². The normalized spacial score (nSPS) is 21.7. The molecule has 2 aliphatic rings. The highest BCUT2D eigenvalue weighted by Gasteiger charge is 2.47. The van der Waals surface area contributed by atoms with Crippen LogP contribution in [0.2, 0.25) is 0 Å². The number of rotatable bonds is 5. The van der Waals surface area contributed by atoms with Crippen LogP contribution in [0.4, 0.5) is 0 Å². The first-order chi connectivity index (χ1) is 16.6. The van der Waals surface area contributed by atoms with Gasteiger partial charge in [0.2, 0.25) is 5.91 Å². The van der Waals surface area contributed by atoms with Crippen molar-refractivity contribution in [2.24, 2.45) is 0 Å². The van der Waals surface area contributed by atoms with Crippen LogP contribution in [0.1, 0.15) is 67.9 Å². The number of carbonyl (C=O) groups is 2. The first-order valence-electron chi connectivity index (χ1n) is 12.8. The molecule has 0 saturated heterocycles. The van der Waals surface area contributed by atoms with E-state index >= 15 is 0 Å². The monoisotopic (exact) mass is 457 g/mol. The number of fused-ring (bicyclic) bond motifs is 3. The summed E-state index contributed by atoms with van der Waals surface area (Å²) in [7, 11) is 0. The van der Waals surface area contributed by atoms with Gasteiger partial charge >= 0.3 is 0 Å². The van der Waals surface area contributed by atoms with E-state index in [0.29, 0.717) is 18.8 Å². The zero-order valence-electron chi connectivity index (χ0n) is 20.1. The molecule has 2 heterocycles. The number of para-hydroxylation sites is 1. The molecule has 0 radical (unpaired) electrons. The van der Waals surface area contributed by atoms with Crippen molar-refractivity contribution in [1.29, 1.82) is 0 Å². The van der Waals surface area contributed by atoms with Crippen molar-refractivity contribution in [3.05, 3.63) is 71.9 Å². The van der Waals surface area contributed by atoms with E-state index in [1.165, 1.54) is 24.8 Å². The van der Waals surface area contributed by atoms with Gasteiger partial charge in [-0.25, -0.2) is 0 Å². The third kappa shape index (κ3) is 4.36. The number of aromatic nitrogens is 1. The molecule has 0 spiro atoms. The Bertz CT molecular complexity index is 1160. The molecular weight excluding hydrogens is 422 g/mol. The fourth-order valence-electron chi connectivity index (χ4n) is 5.68.